The van der Waals surface area contributed by atoms with Crippen LogP contribution in [0.15, 0.2) is 30.3 Å². The van der Waals surface area contributed by atoms with E-state index in [1.807, 2.05) is 24.3 Å². The minimum Gasteiger partial charge on any atom is -0.383 e. The van der Waals surface area contributed by atoms with Gasteiger partial charge in [-0.2, -0.15) is 5.26 Å². The lowest BCUT2D eigenvalue weighted by Gasteiger charge is -2.11. The molecule has 0 aliphatic heterocycles. The van der Waals surface area contributed by atoms with Crippen LogP contribution >= 0.6 is 0 Å². The minimum absolute atomic E-state index is 0.341. The molecule has 22 heavy (non-hydrogen) atoms. The van der Waals surface area contributed by atoms with Crippen molar-refractivity contribution >= 4 is 22.6 Å². The Hall–Kier alpha value is -2.65. The fraction of sp³-hybridized carbons (Fsp3) is 0.312. The Morgan fingerprint density at radius 3 is 2.77 bits per heavy atom. The van der Waals surface area contributed by atoms with Crippen molar-refractivity contribution in [3.05, 3.63) is 36.0 Å². The molecule has 0 aliphatic carbocycles. The number of Topliss-reactive ketones (excluding diaryl/α,β-unsaturated/α-hetero) is 1. The van der Waals surface area contributed by atoms with E-state index in [0.717, 1.165) is 10.9 Å². The van der Waals surface area contributed by atoms with Crippen LogP contribution in [-0.2, 0) is 16.1 Å². The van der Waals surface area contributed by atoms with Crippen molar-refractivity contribution < 1.29 is 14.3 Å². The molecule has 0 saturated carbocycles. The molecular formula is C16H17N3O3. The molecular weight excluding hydrogens is 282 g/mol. The molecule has 0 bridgehead atoms. The number of nitriles is 1. The van der Waals surface area contributed by atoms with Crippen LogP contribution in [0.2, 0.25) is 0 Å². The van der Waals surface area contributed by atoms with E-state index in [4.69, 9.17) is 10.00 Å². The number of rotatable bonds is 6. The number of benzene rings is 1. The fourth-order valence-corrected chi connectivity index (χ4v) is 2.37. The van der Waals surface area contributed by atoms with Gasteiger partial charge in [-0.15, -0.1) is 0 Å². The number of nitrogens with one attached hydrogen (secondary N) is 1. The maximum atomic E-state index is 12.6. The highest BCUT2D eigenvalue weighted by atomic mass is 16.5. The highest BCUT2D eigenvalue weighted by Crippen LogP contribution is 2.22. The zero-order chi connectivity index (χ0) is 16.1. The highest BCUT2D eigenvalue weighted by molar-refractivity contribution is 6.13. The van der Waals surface area contributed by atoms with Crippen molar-refractivity contribution in [1.29, 1.82) is 5.26 Å². The number of amides is 1. The molecule has 2 rings (SSSR count). The monoisotopic (exact) mass is 299 g/mol. The van der Waals surface area contributed by atoms with Crippen molar-refractivity contribution in [2.24, 2.45) is 5.92 Å². The van der Waals surface area contributed by atoms with Crippen LogP contribution < -0.4 is 5.32 Å². The van der Waals surface area contributed by atoms with Gasteiger partial charge in [0, 0.05) is 31.6 Å². The highest BCUT2D eigenvalue weighted by Gasteiger charge is 2.29. The fourth-order valence-electron chi connectivity index (χ4n) is 2.37. The summed E-state index contributed by atoms with van der Waals surface area (Å²) in [6.07, 6.45) is 0. The summed E-state index contributed by atoms with van der Waals surface area (Å²) >= 11 is 0. The molecule has 0 fully saturated rings. The zero-order valence-corrected chi connectivity index (χ0v) is 12.5. The van der Waals surface area contributed by atoms with Crippen LogP contribution in [0, 0.1) is 17.2 Å². The number of hydrogen-bond donors (Lipinski definition) is 1. The molecule has 0 spiro atoms. The number of hydrogen-bond acceptors (Lipinski definition) is 4. The quantitative estimate of drug-likeness (QED) is 0.644. The number of para-hydroxylation sites is 1. The summed E-state index contributed by atoms with van der Waals surface area (Å²) in [6, 6.07) is 11.0. The van der Waals surface area contributed by atoms with Crippen molar-refractivity contribution in [3.8, 4) is 6.07 Å². The Balaban J connectivity index is 2.51. The van der Waals surface area contributed by atoms with Crippen LogP contribution in [0.25, 0.3) is 10.9 Å². The average molecular weight is 299 g/mol. The second kappa shape index (κ2) is 6.87. The van der Waals surface area contributed by atoms with E-state index < -0.39 is 17.6 Å². The molecule has 1 N–H and O–H groups in total. The second-order valence-electron chi connectivity index (χ2n) is 4.77. The third kappa shape index (κ3) is 2.85. The van der Waals surface area contributed by atoms with Gasteiger partial charge in [0.1, 0.15) is 0 Å². The van der Waals surface area contributed by atoms with Crippen molar-refractivity contribution in [1.82, 2.24) is 9.88 Å². The van der Waals surface area contributed by atoms with Crippen LogP contribution in [-0.4, -0.2) is 37.0 Å². The van der Waals surface area contributed by atoms with Gasteiger partial charge in [-0.05, 0) is 12.1 Å². The first-order valence-electron chi connectivity index (χ1n) is 6.86. The summed E-state index contributed by atoms with van der Waals surface area (Å²) in [5.74, 6) is -2.46. The molecule has 1 unspecified atom stereocenters. The molecule has 0 radical (unpaired) electrons. The van der Waals surface area contributed by atoms with Crippen LogP contribution in [0.5, 0.6) is 0 Å². The van der Waals surface area contributed by atoms with Crippen molar-refractivity contribution in [3.63, 3.8) is 0 Å². The first-order valence-corrected chi connectivity index (χ1v) is 6.86. The summed E-state index contributed by atoms with van der Waals surface area (Å²) < 4.78 is 6.86. The van der Waals surface area contributed by atoms with Crippen LogP contribution in [0.3, 0.4) is 0 Å². The molecule has 6 nitrogen and oxygen atoms in total. The van der Waals surface area contributed by atoms with Crippen molar-refractivity contribution in [2.75, 3.05) is 20.8 Å². The number of methoxy groups -OCH3 is 1. The average Bonchev–Trinajstić information content (AvgIpc) is 2.91. The molecule has 0 saturated heterocycles. The van der Waals surface area contributed by atoms with Gasteiger partial charge in [0.25, 0.3) is 0 Å². The molecule has 2 aromatic rings. The number of ether oxygens (including phenoxy) is 1. The molecule has 6 heteroatoms. The Morgan fingerprint density at radius 1 is 1.41 bits per heavy atom. The van der Waals surface area contributed by atoms with E-state index in [1.165, 1.54) is 7.05 Å². The number of aromatic nitrogens is 1. The second-order valence-corrected chi connectivity index (χ2v) is 4.77. The minimum atomic E-state index is -1.35. The summed E-state index contributed by atoms with van der Waals surface area (Å²) in [4.78, 5) is 24.3. The van der Waals surface area contributed by atoms with E-state index in [1.54, 1.807) is 23.8 Å². The van der Waals surface area contributed by atoms with Gasteiger partial charge in [-0.3, -0.25) is 9.59 Å². The zero-order valence-electron chi connectivity index (χ0n) is 12.5. The maximum Gasteiger partial charge on any atom is 0.245 e. The lowest BCUT2D eigenvalue weighted by molar-refractivity contribution is -0.121. The van der Waals surface area contributed by atoms with Gasteiger partial charge in [0.05, 0.1) is 18.4 Å². The molecule has 0 aliphatic rings. The van der Waals surface area contributed by atoms with E-state index in [-0.39, 0.29) is 0 Å². The summed E-state index contributed by atoms with van der Waals surface area (Å²) in [5, 5.41) is 12.4. The lowest BCUT2D eigenvalue weighted by Crippen LogP contribution is -2.33. The number of carbonyl (C=O) groups is 2. The van der Waals surface area contributed by atoms with Crippen LogP contribution in [0.1, 0.15) is 10.5 Å². The van der Waals surface area contributed by atoms with Crippen molar-refractivity contribution in [2.45, 2.75) is 6.54 Å². The molecule has 1 amide bonds. The van der Waals surface area contributed by atoms with E-state index in [2.05, 4.69) is 5.32 Å². The molecule has 114 valence electrons. The maximum absolute atomic E-state index is 12.6. The standard InChI is InChI=1S/C16H17N3O3/c1-18-16(21)12(10-17)15(20)14-9-11-5-3-4-6-13(11)19(14)7-8-22-2/h3-6,9,12H,7-8H2,1-2H3,(H,18,21). The summed E-state index contributed by atoms with van der Waals surface area (Å²) in [7, 11) is 2.98. The van der Waals surface area contributed by atoms with Gasteiger partial charge in [-0.1, -0.05) is 18.2 Å². The van der Waals surface area contributed by atoms with Crippen LogP contribution in [0.4, 0.5) is 0 Å². The normalized spacial score (nSPS) is 11.9. The smallest absolute Gasteiger partial charge is 0.245 e. The summed E-state index contributed by atoms with van der Waals surface area (Å²) in [5.41, 5.74) is 1.21. The molecule has 1 aromatic carbocycles. The predicted octanol–water partition coefficient (Wildman–Crippen LogP) is 1.36. The van der Waals surface area contributed by atoms with Gasteiger partial charge < -0.3 is 14.6 Å². The van der Waals surface area contributed by atoms with E-state index in [9.17, 15) is 9.59 Å². The van der Waals surface area contributed by atoms with E-state index >= 15 is 0 Å². The Kier molecular flexibility index (Phi) is 4.92. The Labute approximate surface area is 128 Å². The van der Waals surface area contributed by atoms with Gasteiger partial charge in [-0.25, -0.2) is 0 Å². The number of nitrogens with zero attached hydrogens (tertiary/aromatic N) is 2. The van der Waals surface area contributed by atoms with Gasteiger partial charge in [0.15, 0.2) is 5.92 Å². The third-order valence-corrected chi connectivity index (χ3v) is 3.48. The lowest BCUT2D eigenvalue weighted by atomic mass is 10.0. The largest absolute Gasteiger partial charge is 0.383 e. The number of ketones is 1. The number of fused-ring (bicyclic) bond motifs is 1. The summed E-state index contributed by atoms with van der Waals surface area (Å²) in [6.45, 7) is 0.896. The SMILES string of the molecule is CNC(=O)C(C#N)C(=O)c1cc2ccccc2n1CCOC. The Bertz CT molecular complexity index is 743. The first kappa shape index (κ1) is 15.7. The third-order valence-electron chi connectivity index (χ3n) is 3.48. The molecule has 1 aromatic heterocycles. The molecule has 1 atom stereocenters. The topological polar surface area (TPSA) is 84.1 Å². The number of carbonyl (C=O) groups excluding carboxylic acids is 2. The Morgan fingerprint density at radius 2 is 2.14 bits per heavy atom. The van der Waals surface area contributed by atoms with E-state index in [0.29, 0.717) is 18.8 Å². The predicted molar refractivity (Wildman–Crippen MR) is 81.3 cm³/mol. The van der Waals surface area contributed by atoms with Gasteiger partial charge in [0.2, 0.25) is 11.7 Å². The first-order chi connectivity index (χ1) is 10.6. The molecule has 1 heterocycles. The van der Waals surface area contributed by atoms with Gasteiger partial charge >= 0.3 is 0 Å².